The molecule has 0 atom stereocenters. The first kappa shape index (κ1) is 19.6. The van der Waals surface area contributed by atoms with Crippen molar-refractivity contribution in [3.63, 3.8) is 0 Å². The fourth-order valence-electron chi connectivity index (χ4n) is 3.57. The lowest BCUT2D eigenvalue weighted by Crippen LogP contribution is -2.28. The molecule has 0 aliphatic carbocycles. The number of carbonyl (C=O) groups excluding carboxylic acids is 1. The minimum Gasteiger partial charge on any atom is -0.350 e. The smallest absolute Gasteiger partial charge is 0.243 e. The molecule has 1 N–H and O–H groups in total. The molecular formula is C21H22FN3O3S. The molecule has 0 saturated carbocycles. The summed E-state index contributed by atoms with van der Waals surface area (Å²) < 4.78 is 41.7. The monoisotopic (exact) mass is 415 g/mol. The largest absolute Gasteiger partial charge is 0.350 e. The van der Waals surface area contributed by atoms with E-state index in [1.54, 1.807) is 41.1 Å². The van der Waals surface area contributed by atoms with Crippen LogP contribution in [0.1, 0.15) is 18.4 Å². The molecule has 1 fully saturated rings. The third-order valence-electron chi connectivity index (χ3n) is 5.16. The summed E-state index contributed by atoms with van der Waals surface area (Å²) in [6.07, 6.45) is 3.56. The summed E-state index contributed by atoms with van der Waals surface area (Å²) >= 11 is 0. The number of aromatic nitrogens is 1. The highest BCUT2D eigenvalue weighted by Crippen LogP contribution is 2.25. The van der Waals surface area contributed by atoms with Crippen molar-refractivity contribution in [2.24, 2.45) is 0 Å². The van der Waals surface area contributed by atoms with Gasteiger partial charge in [0, 0.05) is 36.7 Å². The molecule has 0 unspecified atom stereocenters. The summed E-state index contributed by atoms with van der Waals surface area (Å²) in [5.74, 6) is -0.495. The predicted octanol–water partition coefficient (Wildman–Crippen LogP) is 2.88. The Morgan fingerprint density at radius 1 is 1.03 bits per heavy atom. The Kier molecular flexibility index (Phi) is 5.38. The highest BCUT2D eigenvalue weighted by atomic mass is 32.2. The van der Waals surface area contributed by atoms with Gasteiger partial charge in [-0.2, -0.15) is 4.31 Å². The van der Waals surface area contributed by atoms with Gasteiger partial charge in [0.05, 0.1) is 4.90 Å². The highest BCUT2D eigenvalue weighted by Gasteiger charge is 2.27. The molecule has 6 nitrogen and oxygen atoms in total. The lowest BCUT2D eigenvalue weighted by atomic mass is 10.2. The summed E-state index contributed by atoms with van der Waals surface area (Å²) in [5, 5.41) is 3.58. The number of benzene rings is 2. The molecule has 1 amide bonds. The first-order valence-electron chi connectivity index (χ1n) is 9.54. The Morgan fingerprint density at radius 2 is 1.76 bits per heavy atom. The van der Waals surface area contributed by atoms with E-state index in [2.05, 4.69) is 5.32 Å². The van der Waals surface area contributed by atoms with Crippen molar-refractivity contribution in [2.45, 2.75) is 30.8 Å². The Hall–Kier alpha value is -2.71. The molecule has 2 aromatic carbocycles. The molecule has 1 aliphatic heterocycles. The number of nitrogens with one attached hydrogen (secondary N) is 1. The Balaban J connectivity index is 1.46. The fraction of sp³-hybridized carbons (Fsp3) is 0.286. The number of rotatable bonds is 6. The molecule has 8 heteroatoms. The van der Waals surface area contributed by atoms with Crippen molar-refractivity contribution in [1.82, 2.24) is 14.2 Å². The van der Waals surface area contributed by atoms with E-state index in [0.717, 1.165) is 29.3 Å². The zero-order chi connectivity index (χ0) is 20.4. The van der Waals surface area contributed by atoms with E-state index in [1.165, 1.54) is 16.4 Å². The average molecular weight is 415 g/mol. The molecule has 4 rings (SSSR count). The lowest BCUT2D eigenvalue weighted by Gasteiger charge is -2.15. The van der Waals surface area contributed by atoms with Gasteiger partial charge in [0.2, 0.25) is 15.9 Å². The first-order chi connectivity index (χ1) is 13.9. The van der Waals surface area contributed by atoms with E-state index in [-0.39, 0.29) is 23.2 Å². The van der Waals surface area contributed by atoms with E-state index in [0.29, 0.717) is 19.6 Å². The van der Waals surface area contributed by atoms with Crippen LogP contribution in [-0.2, 0) is 27.9 Å². The number of fused-ring (bicyclic) bond motifs is 1. The van der Waals surface area contributed by atoms with Crippen molar-refractivity contribution in [3.8, 4) is 0 Å². The van der Waals surface area contributed by atoms with Crippen LogP contribution in [0.3, 0.4) is 0 Å². The van der Waals surface area contributed by atoms with Gasteiger partial charge in [-0.1, -0.05) is 12.1 Å². The number of amides is 1. The van der Waals surface area contributed by atoms with Crippen LogP contribution in [0.5, 0.6) is 0 Å². The van der Waals surface area contributed by atoms with Crippen molar-refractivity contribution in [2.75, 3.05) is 13.1 Å². The van der Waals surface area contributed by atoms with Crippen LogP contribution < -0.4 is 5.32 Å². The normalized spacial score (nSPS) is 15.1. The number of halogens is 1. The average Bonchev–Trinajstić information content (AvgIpc) is 3.38. The number of sulfonamides is 1. The quantitative estimate of drug-likeness (QED) is 0.673. The third-order valence-corrected chi connectivity index (χ3v) is 7.06. The molecule has 29 heavy (non-hydrogen) atoms. The summed E-state index contributed by atoms with van der Waals surface area (Å²) in [7, 11) is -3.47. The van der Waals surface area contributed by atoms with Crippen molar-refractivity contribution in [3.05, 3.63) is 66.1 Å². The van der Waals surface area contributed by atoms with Gasteiger partial charge in [0.1, 0.15) is 12.4 Å². The predicted molar refractivity (Wildman–Crippen MR) is 108 cm³/mol. The number of hydrogen-bond donors (Lipinski definition) is 1. The van der Waals surface area contributed by atoms with Crippen LogP contribution >= 0.6 is 0 Å². The van der Waals surface area contributed by atoms with E-state index in [1.807, 2.05) is 6.07 Å². The van der Waals surface area contributed by atoms with Crippen LogP contribution in [0.2, 0.25) is 0 Å². The van der Waals surface area contributed by atoms with Crippen molar-refractivity contribution >= 4 is 26.8 Å². The molecule has 3 aromatic rings. The van der Waals surface area contributed by atoms with Crippen molar-refractivity contribution < 1.29 is 17.6 Å². The standard InChI is InChI=1S/C21H22FN3O3S/c22-18-5-3-16(4-6-18)14-23-21(26)15-24-12-9-17-13-19(7-8-20(17)24)29(27,28)25-10-1-2-11-25/h3-9,12-13H,1-2,10-11,14-15H2,(H,23,26). The SMILES string of the molecule is O=C(Cn1ccc2cc(S(=O)(=O)N3CCCC3)ccc21)NCc1ccc(F)cc1. The second kappa shape index (κ2) is 7.96. The van der Waals surface area contributed by atoms with Crippen LogP contribution in [-0.4, -0.2) is 36.3 Å². The Morgan fingerprint density at radius 3 is 2.48 bits per heavy atom. The zero-order valence-corrected chi connectivity index (χ0v) is 16.7. The minimum absolute atomic E-state index is 0.114. The molecule has 1 saturated heterocycles. The van der Waals surface area contributed by atoms with Crippen molar-refractivity contribution in [1.29, 1.82) is 0 Å². The highest BCUT2D eigenvalue weighted by molar-refractivity contribution is 7.89. The molecule has 152 valence electrons. The Bertz CT molecular complexity index is 1130. The molecule has 1 aliphatic rings. The number of carbonyl (C=O) groups is 1. The van der Waals surface area contributed by atoms with Gasteiger partial charge in [-0.15, -0.1) is 0 Å². The summed E-state index contributed by atoms with van der Waals surface area (Å²) in [5.41, 5.74) is 1.61. The summed E-state index contributed by atoms with van der Waals surface area (Å²) in [6.45, 7) is 1.56. The molecular weight excluding hydrogens is 393 g/mol. The van der Waals surface area contributed by atoms with E-state index < -0.39 is 10.0 Å². The van der Waals surface area contributed by atoms with Gasteiger partial charge in [0.15, 0.2) is 0 Å². The zero-order valence-electron chi connectivity index (χ0n) is 15.8. The van der Waals surface area contributed by atoms with Gasteiger partial charge in [-0.05, 0) is 54.8 Å². The summed E-state index contributed by atoms with van der Waals surface area (Å²) in [4.78, 5) is 12.6. The molecule has 2 heterocycles. The first-order valence-corrected chi connectivity index (χ1v) is 11.0. The molecule has 0 spiro atoms. The second-order valence-electron chi connectivity index (χ2n) is 7.18. The summed E-state index contributed by atoms with van der Waals surface area (Å²) in [6, 6.07) is 12.8. The lowest BCUT2D eigenvalue weighted by molar-refractivity contribution is -0.121. The fourth-order valence-corrected chi connectivity index (χ4v) is 5.12. The van der Waals surface area contributed by atoms with Gasteiger partial charge >= 0.3 is 0 Å². The van der Waals surface area contributed by atoms with Gasteiger partial charge in [-0.3, -0.25) is 4.79 Å². The van der Waals surface area contributed by atoms with Gasteiger partial charge < -0.3 is 9.88 Å². The van der Waals surface area contributed by atoms with E-state index in [4.69, 9.17) is 0 Å². The van der Waals surface area contributed by atoms with Crippen LogP contribution in [0.4, 0.5) is 4.39 Å². The van der Waals surface area contributed by atoms with E-state index in [9.17, 15) is 17.6 Å². The van der Waals surface area contributed by atoms with Gasteiger partial charge in [-0.25, -0.2) is 12.8 Å². The van der Waals surface area contributed by atoms with Crippen LogP contribution in [0, 0.1) is 5.82 Å². The maximum atomic E-state index is 12.9. The van der Waals surface area contributed by atoms with Crippen LogP contribution in [0.15, 0.2) is 59.6 Å². The number of hydrogen-bond acceptors (Lipinski definition) is 3. The van der Waals surface area contributed by atoms with Crippen LogP contribution in [0.25, 0.3) is 10.9 Å². The third kappa shape index (κ3) is 4.18. The van der Waals surface area contributed by atoms with Gasteiger partial charge in [0.25, 0.3) is 0 Å². The molecule has 0 radical (unpaired) electrons. The number of nitrogens with zero attached hydrogens (tertiary/aromatic N) is 2. The second-order valence-corrected chi connectivity index (χ2v) is 9.12. The Labute approximate surface area is 169 Å². The maximum Gasteiger partial charge on any atom is 0.243 e. The topological polar surface area (TPSA) is 71.4 Å². The molecule has 0 bridgehead atoms. The maximum absolute atomic E-state index is 12.9. The van der Waals surface area contributed by atoms with E-state index >= 15 is 0 Å². The molecule has 1 aromatic heterocycles. The minimum atomic E-state index is -3.47.